The Hall–Kier alpha value is -0.120. The molecule has 3 nitrogen and oxygen atoms in total. The molecule has 0 aliphatic heterocycles. The third-order valence-electron chi connectivity index (χ3n) is 0.534. The van der Waals surface area contributed by atoms with E-state index in [1.54, 1.807) is 7.11 Å². The first kappa shape index (κ1) is 6.88. The van der Waals surface area contributed by atoms with Gasteiger partial charge in [-0.05, 0) is 0 Å². The first-order valence-electron chi connectivity index (χ1n) is 2.13. The molecule has 0 atom stereocenters. The summed E-state index contributed by atoms with van der Waals surface area (Å²) in [6.45, 7) is 1.14. The molecule has 7 heavy (non-hydrogen) atoms. The lowest BCUT2D eigenvalue weighted by atomic mass is 10.8. The second kappa shape index (κ2) is 5.88. The lowest BCUT2D eigenvalue weighted by Crippen LogP contribution is -2.02. The van der Waals surface area contributed by atoms with E-state index >= 15 is 0 Å². The van der Waals surface area contributed by atoms with Crippen LogP contribution in [0.4, 0.5) is 0 Å². The quantitative estimate of drug-likeness (QED) is 0.467. The molecule has 0 aliphatic rings. The summed E-state index contributed by atoms with van der Waals surface area (Å²) in [5.74, 6) is 0. The molecule has 0 spiro atoms. The van der Waals surface area contributed by atoms with Gasteiger partial charge in [-0.1, -0.05) is 0 Å². The molecule has 0 unspecified atom stereocenters. The number of hydrogen-bond acceptors (Lipinski definition) is 2. The van der Waals surface area contributed by atoms with E-state index in [2.05, 4.69) is 9.47 Å². The van der Waals surface area contributed by atoms with Crippen LogP contribution in [-0.2, 0) is 9.47 Å². The van der Waals surface area contributed by atoms with Gasteiger partial charge in [0.05, 0.1) is 13.2 Å². The minimum Gasteiger partial charge on any atom is -0.382 e. The van der Waals surface area contributed by atoms with E-state index in [0.29, 0.717) is 13.2 Å². The zero-order valence-corrected chi connectivity index (χ0v) is 4.44. The molecule has 0 aromatic rings. The Balaban J connectivity index is 2.45. The van der Waals surface area contributed by atoms with Crippen LogP contribution in [0.15, 0.2) is 0 Å². The maximum absolute atomic E-state index is 6.50. The minimum atomic E-state index is 0.0311. The number of methoxy groups -OCH3 is 1. The zero-order chi connectivity index (χ0) is 5.54. The summed E-state index contributed by atoms with van der Waals surface area (Å²) in [7, 11) is 1.60. The summed E-state index contributed by atoms with van der Waals surface area (Å²) < 4.78 is 9.25. The summed E-state index contributed by atoms with van der Waals surface area (Å²) >= 11 is 0. The first-order valence-corrected chi connectivity index (χ1v) is 2.13. The van der Waals surface area contributed by atoms with Gasteiger partial charge in [0.1, 0.15) is 6.73 Å². The molecule has 1 radical (unpaired) electrons. The van der Waals surface area contributed by atoms with Crippen LogP contribution in [0.2, 0.25) is 0 Å². The van der Waals surface area contributed by atoms with Crippen LogP contribution >= 0.6 is 0 Å². The molecule has 0 aromatic heterocycles. The average Bonchev–Trinajstić information content (AvgIpc) is 1.69. The standard InChI is InChI=1S/C4H10NO2/c1-6-2-3-7-4-5/h5H,2-4H2,1H3. The number of ether oxygens (including phenoxy) is 2. The van der Waals surface area contributed by atoms with Crippen LogP contribution < -0.4 is 5.73 Å². The highest BCUT2D eigenvalue weighted by molar-refractivity contribution is 4.20. The predicted octanol–water partition coefficient (Wildman–Crippen LogP) is -0.110. The van der Waals surface area contributed by atoms with Crippen molar-refractivity contribution in [2.45, 2.75) is 0 Å². The Morgan fingerprint density at radius 1 is 1.43 bits per heavy atom. The van der Waals surface area contributed by atoms with Gasteiger partial charge < -0.3 is 9.47 Å². The number of hydrogen-bond donors (Lipinski definition) is 0. The maximum atomic E-state index is 6.50. The fourth-order valence-corrected chi connectivity index (χ4v) is 0.214. The lowest BCUT2D eigenvalue weighted by Gasteiger charge is -1.95. The first-order chi connectivity index (χ1) is 3.41. The van der Waals surface area contributed by atoms with Crippen LogP contribution in [0.25, 0.3) is 0 Å². The third kappa shape index (κ3) is 5.88. The summed E-state index contributed by atoms with van der Waals surface area (Å²) in [6, 6.07) is 0. The average molecular weight is 104 g/mol. The molecular formula is C4H10NO2. The highest BCUT2D eigenvalue weighted by atomic mass is 16.5. The number of nitrogens with one attached hydrogen (secondary N) is 1. The van der Waals surface area contributed by atoms with E-state index in [0.717, 1.165) is 0 Å². The van der Waals surface area contributed by atoms with Gasteiger partial charge in [-0.3, -0.25) is 0 Å². The van der Waals surface area contributed by atoms with Crippen molar-refractivity contribution in [2.75, 3.05) is 27.1 Å². The van der Waals surface area contributed by atoms with Crippen molar-refractivity contribution in [1.82, 2.24) is 5.73 Å². The van der Waals surface area contributed by atoms with Gasteiger partial charge in [0.25, 0.3) is 0 Å². The van der Waals surface area contributed by atoms with Crippen molar-refractivity contribution in [3.05, 3.63) is 0 Å². The molecule has 0 aromatic carbocycles. The topological polar surface area (TPSA) is 42.3 Å². The van der Waals surface area contributed by atoms with E-state index in [-0.39, 0.29) is 6.73 Å². The molecule has 0 rings (SSSR count). The number of rotatable bonds is 4. The summed E-state index contributed by atoms with van der Waals surface area (Å²) in [4.78, 5) is 0. The normalized spacial score (nSPS) is 9.43. The van der Waals surface area contributed by atoms with E-state index in [1.165, 1.54) is 0 Å². The van der Waals surface area contributed by atoms with E-state index in [1.807, 2.05) is 0 Å². The van der Waals surface area contributed by atoms with Gasteiger partial charge in [0, 0.05) is 7.11 Å². The second-order valence-electron chi connectivity index (χ2n) is 1.05. The van der Waals surface area contributed by atoms with Gasteiger partial charge in [-0.15, -0.1) is 0 Å². The van der Waals surface area contributed by atoms with E-state index < -0.39 is 0 Å². The Morgan fingerprint density at radius 2 is 2.14 bits per heavy atom. The predicted molar refractivity (Wildman–Crippen MR) is 25.8 cm³/mol. The van der Waals surface area contributed by atoms with Crippen LogP contribution in [0.5, 0.6) is 0 Å². The summed E-state index contributed by atoms with van der Waals surface area (Å²) in [5, 5.41) is 0. The van der Waals surface area contributed by atoms with Gasteiger partial charge in [0.15, 0.2) is 0 Å². The Kier molecular flexibility index (Phi) is 5.78. The van der Waals surface area contributed by atoms with E-state index in [9.17, 15) is 0 Å². The fraction of sp³-hybridized carbons (Fsp3) is 1.00. The molecule has 0 bridgehead atoms. The smallest absolute Gasteiger partial charge is 0.109 e. The highest BCUT2D eigenvalue weighted by Gasteiger charge is 1.78. The van der Waals surface area contributed by atoms with Gasteiger partial charge in [0.2, 0.25) is 0 Å². The fourth-order valence-electron chi connectivity index (χ4n) is 0.214. The molecule has 0 fully saturated rings. The second-order valence-corrected chi connectivity index (χ2v) is 1.05. The third-order valence-corrected chi connectivity index (χ3v) is 0.534. The molecular weight excluding hydrogens is 94.0 g/mol. The van der Waals surface area contributed by atoms with Crippen LogP contribution in [0, 0.1) is 0 Å². The van der Waals surface area contributed by atoms with Crippen molar-refractivity contribution in [3.63, 3.8) is 0 Å². The highest BCUT2D eigenvalue weighted by Crippen LogP contribution is 1.69. The maximum Gasteiger partial charge on any atom is 0.109 e. The summed E-state index contributed by atoms with van der Waals surface area (Å²) in [6.07, 6.45) is 0. The van der Waals surface area contributed by atoms with Gasteiger partial charge in [-0.25, -0.2) is 5.73 Å². The Bertz CT molecular complexity index is 28.9. The largest absolute Gasteiger partial charge is 0.382 e. The minimum absolute atomic E-state index is 0.0311. The van der Waals surface area contributed by atoms with E-state index in [4.69, 9.17) is 5.73 Å². The van der Waals surface area contributed by atoms with Crippen LogP contribution in [0.3, 0.4) is 0 Å². The molecule has 43 valence electrons. The van der Waals surface area contributed by atoms with Crippen molar-refractivity contribution < 1.29 is 9.47 Å². The van der Waals surface area contributed by atoms with Gasteiger partial charge >= 0.3 is 0 Å². The van der Waals surface area contributed by atoms with Gasteiger partial charge in [-0.2, -0.15) is 0 Å². The van der Waals surface area contributed by atoms with Crippen molar-refractivity contribution in [1.29, 1.82) is 0 Å². The van der Waals surface area contributed by atoms with Crippen molar-refractivity contribution in [3.8, 4) is 0 Å². The molecule has 0 aliphatic carbocycles. The molecule has 3 heteroatoms. The Morgan fingerprint density at radius 3 is 2.57 bits per heavy atom. The summed E-state index contributed by atoms with van der Waals surface area (Å²) in [5.41, 5.74) is 6.50. The van der Waals surface area contributed by atoms with Crippen LogP contribution in [-0.4, -0.2) is 27.1 Å². The van der Waals surface area contributed by atoms with Crippen molar-refractivity contribution >= 4 is 0 Å². The van der Waals surface area contributed by atoms with Crippen LogP contribution in [0.1, 0.15) is 0 Å². The molecule has 0 saturated carbocycles. The SMILES string of the molecule is COCCOC[NH]. The molecule has 1 N–H and O–H groups in total. The zero-order valence-electron chi connectivity index (χ0n) is 4.44. The lowest BCUT2D eigenvalue weighted by molar-refractivity contribution is 0.0718. The monoisotopic (exact) mass is 104 g/mol. The molecule has 0 saturated heterocycles. The molecule has 0 amide bonds. The van der Waals surface area contributed by atoms with Crippen molar-refractivity contribution in [2.24, 2.45) is 0 Å². The molecule has 0 heterocycles. The Labute approximate surface area is 43.4 Å².